The fourth-order valence-electron chi connectivity index (χ4n) is 2.64. The summed E-state index contributed by atoms with van der Waals surface area (Å²) in [5.41, 5.74) is 0. The zero-order valence-corrected chi connectivity index (χ0v) is 11.6. The summed E-state index contributed by atoms with van der Waals surface area (Å²) in [5, 5.41) is 3.78. The Morgan fingerprint density at radius 2 is 1.81 bits per heavy atom. The van der Waals surface area contributed by atoms with E-state index >= 15 is 0 Å². The van der Waals surface area contributed by atoms with Crippen molar-refractivity contribution in [2.24, 2.45) is 5.92 Å². The first-order valence-corrected chi connectivity index (χ1v) is 7.54. The molecule has 16 heavy (non-hydrogen) atoms. The van der Waals surface area contributed by atoms with Crippen LogP contribution in [0.15, 0.2) is 0 Å². The first kappa shape index (κ1) is 14.0. The van der Waals surface area contributed by atoms with E-state index in [-0.39, 0.29) is 0 Å². The van der Waals surface area contributed by atoms with E-state index < -0.39 is 0 Å². The molecule has 1 saturated carbocycles. The van der Waals surface area contributed by atoms with Gasteiger partial charge in [-0.05, 0) is 32.1 Å². The summed E-state index contributed by atoms with van der Waals surface area (Å²) in [7, 11) is 0. The van der Waals surface area contributed by atoms with Crippen LogP contribution in [0.5, 0.6) is 0 Å². The van der Waals surface area contributed by atoms with Crippen molar-refractivity contribution in [1.29, 1.82) is 0 Å². The van der Waals surface area contributed by atoms with E-state index in [2.05, 4.69) is 26.1 Å². The molecule has 1 fully saturated rings. The van der Waals surface area contributed by atoms with Crippen LogP contribution in [0.25, 0.3) is 0 Å². The average Bonchev–Trinajstić information content (AvgIpc) is 2.97. The van der Waals surface area contributed by atoms with Gasteiger partial charge in [-0.3, -0.25) is 0 Å². The maximum atomic E-state index is 3.78. The molecular formula is C15H31N. The zero-order chi connectivity index (χ0) is 11.8. The van der Waals surface area contributed by atoms with Crippen molar-refractivity contribution in [2.45, 2.75) is 90.6 Å². The SMILES string of the molecule is CCCCCCCC(C)NC1CC1CCC. The fraction of sp³-hybridized carbons (Fsp3) is 1.00. The Morgan fingerprint density at radius 1 is 1.06 bits per heavy atom. The van der Waals surface area contributed by atoms with Crippen LogP contribution in [0.4, 0.5) is 0 Å². The molecule has 0 radical (unpaired) electrons. The molecule has 1 aliphatic carbocycles. The highest BCUT2D eigenvalue weighted by Crippen LogP contribution is 2.35. The molecule has 96 valence electrons. The minimum absolute atomic E-state index is 0.744. The third-order valence-corrected chi connectivity index (χ3v) is 3.82. The summed E-state index contributed by atoms with van der Waals surface area (Å²) < 4.78 is 0. The van der Waals surface area contributed by atoms with Crippen LogP contribution in [0.1, 0.15) is 78.6 Å². The third-order valence-electron chi connectivity index (χ3n) is 3.82. The molecule has 1 heteroatoms. The minimum Gasteiger partial charge on any atom is -0.311 e. The summed E-state index contributed by atoms with van der Waals surface area (Å²) >= 11 is 0. The van der Waals surface area contributed by atoms with Crippen LogP contribution in [0, 0.1) is 5.92 Å². The van der Waals surface area contributed by atoms with Crippen molar-refractivity contribution in [3.63, 3.8) is 0 Å². The smallest absolute Gasteiger partial charge is 0.0102 e. The molecule has 0 amide bonds. The second-order valence-electron chi connectivity index (χ2n) is 5.66. The van der Waals surface area contributed by atoms with Crippen LogP contribution >= 0.6 is 0 Å². The maximum absolute atomic E-state index is 3.78. The lowest BCUT2D eigenvalue weighted by Crippen LogP contribution is -2.29. The Balaban J connectivity index is 1.90. The summed E-state index contributed by atoms with van der Waals surface area (Å²) in [6.07, 6.45) is 12.7. The van der Waals surface area contributed by atoms with E-state index in [4.69, 9.17) is 0 Å². The molecule has 1 aliphatic rings. The molecule has 1 N–H and O–H groups in total. The largest absolute Gasteiger partial charge is 0.311 e. The van der Waals surface area contributed by atoms with Gasteiger partial charge in [-0.2, -0.15) is 0 Å². The molecule has 0 heterocycles. The van der Waals surface area contributed by atoms with Gasteiger partial charge in [0, 0.05) is 12.1 Å². The normalized spacial score (nSPS) is 25.7. The number of unbranched alkanes of at least 4 members (excludes halogenated alkanes) is 4. The number of rotatable bonds is 10. The fourth-order valence-corrected chi connectivity index (χ4v) is 2.64. The first-order valence-electron chi connectivity index (χ1n) is 7.54. The first-order chi connectivity index (χ1) is 7.77. The predicted octanol–water partition coefficient (Wildman–Crippen LogP) is 4.51. The molecule has 1 nitrogen and oxygen atoms in total. The van der Waals surface area contributed by atoms with Gasteiger partial charge in [0.1, 0.15) is 0 Å². The topological polar surface area (TPSA) is 12.0 Å². The van der Waals surface area contributed by atoms with E-state index in [1.807, 2.05) is 0 Å². The van der Waals surface area contributed by atoms with Crippen molar-refractivity contribution in [3.05, 3.63) is 0 Å². The molecule has 0 saturated heterocycles. The van der Waals surface area contributed by atoms with Crippen LogP contribution in [-0.4, -0.2) is 12.1 Å². The lowest BCUT2D eigenvalue weighted by atomic mass is 10.1. The second-order valence-corrected chi connectivity index (χ2v) is 5.66. The van der Waals surface area contributed by atoms with E-state index in [1.165, 1.54) is 57.8 Å². The van der Waals surface area contributed by atoms with Gasteiger partial charge in [0.05, 0.1) is 0 Å². The summed E-state index contributed by atoms with van der Waals surface area (Å²) in [6.45, 7) is 6.94. The van der Waals surface area contributed by atoms with Gasteiger partial charge in [-0.1, -0.05) is 52.4 Å². The number of hydrogen-bond donors (Lipinski definition) is 1. The van der Waals surface area contributed by atoms with E-state index in [0.717, 1.165) is 18.0 Å². The van der Waals surface area contributed by atoms with Crippen molar-refractivity contribution in [2.75, 3.05) is 0 Å². The van der Waals surface area contributed by atoms with Gasteiger partial charge in [0.25, 0.3) is 0 Å². The molecule has 1 rings (SSSR count). The van der Waals surface area contributed by atoms with Gasteiger partial charge in [0.15, 0.2) is 0 Å². The van der Waals surface area contributed by atoms with E-state index in [0.29, 0.717) is 0 Å². The molecular weight excluding hydrogens is 194 g/mol. The quantitative estimate of drug-likeness (QED) is 0.539. The molecule has 3 unspecified atom stereocenters. The highest BCUT2D eigenvalue weighted by molar-refractivity contribution is 4.93. The molecule has 0 aromatic heterocycles. The summed E-state index contributed by atoms with van der Waals surface area (Å²) in [6, 6.07) is 1.61. The van der Waals surface area contributed by atoms with E-state index in [9.17, 15) is 0 Å². The van der Waals surface area contributed by atoms with Crippen molar-refractivity contribution >= 4 is 0 Å². The highest BCUT2D eigenvalue weighted by atomic mass is 15.0. The average molecular weight is 225 g/mol. The highest BCUT2D eigenvalue weighted by Gasteiger charge is 2.36. The molecule has 0 aromatic carbocycles. The van der Waals surface area contributed by atoms with Gasteiger partial charge >= 0.3 is 0 Å². The summed E-state index contributed by atoms with van der Waals surface area (Å²) in [5.74, 6) is 1.01. The predicted molar refractivity (Wildman–Crippen MR) is 72.8 cm³/mol. The third kappa shape index (κ3) is 5.89. The minimum atomic E-state index is 0.744. The van der Waals surface area contributed by atoms with Gasteiger partial charge in [-0.25, -0.2) is 0 Å². The molecule has 0 aromatic rings. The number of hydrogen-bond acceptors (Lipinski definition) is 1. The molecule has 0 spiro atoms. The van der Waals surface area contributed by atoms with Crippen LogP contribution in [0.3, 0.4) is 0 Å². The van der Waals surface area contributed by atoms with Gasteiger partial charge < -0.3 is 5.32 Å². The standard InChI is InChI=1S/C15H31N/c1-4-6-7-8-9-11-13(3)16-15-12-14(15)10-5-2/h13-16H,4-12H2,1-3H3. The zero-order valence-electron chi connectivity index (χ0n) is 11.6. The lowest BCUT2D eigenvalue weighted by molar-refractivity contribution is 0.462. The molecule has 3 atom stereocenters. The van der Waals surface area contributed by atoms with Crippen LogP contribution in [0.2, 0.25) is 0 Å². The van der Waals surface area contributed by atoms with Gasteiger partial charge in [0.2, 0.25) is 0 Å². The Bertz CT molecular complexity index is 167. The molecule has 0 aliphatic heterocycles. The molecule has 0 bridgehead atoms. The second kappa shape index (κ2) is 8.11. The Labute approximate surface area is 102 Å². The van der Waals surface area contributed by atoms with Crippen molar-refractivity contribution in [3.8, 4) is 0 Å². The van der Waals surface area contributed by atoms with Crippen LogP contribution in [-0.2, 0) is 0 Å². The lowest BCUT2D eigenvalue weighted by Gasteiger charge is -2.13. The van der Waals surface area contributed by atoms with Crippen molar-refractivity contribution in [1.82, 2.24) is 5.32 Å². The Morgan fingerprint density at radius 3 is 2.50 bits per heavy atom. The Hall–Kier alpha value is -0.0400. The van der Waals surface area contributed by atoms with E-state index in [1.54, 1.807) is 0 Å². The van der Waals surface area contributed by atoms with Crippen molar-refractivity contribution < 1.29 is 0 Å². The van der Waals surface area contributed by atoms with Gasteiger partial charge in [-0.15, -0.1) is 0 Å². The van der Waals surface area contributed by atoms with Crippen LogP contribution < -0.4 is 5.32 Å². The Kier molecular flexibility index (Phi) is 7.11. The summed E-state index contributed by atoms with van der Waals surface area (Å²) in [4.78, 5) is 0. The number of nitrogens with one attached hydrogen (secondary N) is 1. The monoisotopic (exact) mass is 225 g/mol. The maximum Gasteiger partial charge on any atom is 0.0102 e.